The molecule has 3 aromatic rings. The lowest BCUT2D eigenvalue weighted by atomic mass is 10.3. The first-order valence-corrected chi connectivity index (χ1v) is 6.62. The van der Waals surface area contributed by atoms with Gasteiger partial charge in [-0.3, -0.25) is 0 Å². The van der Waals surface area contributed by atoms with Crippen molar-refractivity contribution in [3.63, 3.8) is 0 Å². The van der Waals surface area contributed by atoms with Crippen LogP contribution in [0.15, 0.2) is 29.6 Å². The van der Waals surface area contributed by atoms with Crippen LogP contribution in [0.1, 0.15) is 0 Å². The van der Waals surface area contributed by atoms with E-state index in [1.165, 1.54) is 17.4 Å². The maximum absolute atomic E-state index is 13.7. The summed E-state index contributed by atoms with van der Waals surface area (Å²) in [5, 5.41) is 5.93. The highest BCUT2D eigenvalue weighted by Crippen LogP contribution is 2.29. The summed E-state index contributed by atoms with van der Waals surface area (Å²) in [5.74, 6) is 0.171. The van der Waals surface area contributed by atoms with Crippen LogP contribution < -0.4 is 11.1 Å². The minimum atomic E-state index is -0.451. The molecule has 0 saturated heterocycles. The molecule has 1 aromatic carbocycles. The van der Waals surface area contributed by atoms with Gasteiger partial charge >= 0.3 is 0 Å². The van der Waals surface area contributed by atoms with E-state index in [0.717, 1.165) is 10.2 Å². The molecule has 2 aromatic heterocycles. The number of nitrogens with zero attached hydrogens (tertiary/aromatic N) is 2. The van der Waals surface area contributed by atoms with Crippen molar-refractivity contribution in [1.29, 1.82) is 0 Å². The van der Waals surface area contributed by atoms with E-state index in [9.17, 15) is 4.39 Å². The van der Waals surface area contributed by atoms with Crippen molar-refractivity contribution in [3.05, 3.63) is 40.5 Å². The Morgan fingerprint density at radius 1 is 1.26 bits per heavy atom. The van der Waals surface area contributed by atoms with Gasteiger partial charge in [0.05, 0.1) is 11.1 Å². The Balaban J connectivity index is 2.07. The standard InChI is InChI=1S/C12H8ClFN4S/c13-6-1-2-9(8(14)5-6)16-10-7-3-4-19-11(7)18-12(15)17-10/h1-5H,(H3,15,16,17,18). The molecule has 0 spiro atoms. The molecule has 96 valence electrons. The number of fused-ring (bicyclic) bond motifs is 1. The molecule has 4 nitrogen and oxygen atoms in total. The minimum Gasteiger partial charge on any atom is -0.368 e. The molecular formula is C12H8ClFN4S. The SMILES string of the molecule is Nc1nc(Nc2ccc(Cl)cc2F)c2ccsc2n1. The summed E-state index contributed by atoms with van der Waals surface area (Å²) in [6, 6.07) is 6.24. The maximum Gasteiger partial charge on any atom is 0.223 e. The second-order valence-corrected chi connectivity index (χ2v) is 5.15. The highest BCUT2D eigenvalue weighted by atomic mass is 35.5. The van der Waals surface area contributed by atoms with E-state index < -0.39 is 5.82 Å². The van der Waals surface area contributed by atoms with Crippen LogP contribution in [0.4, 0.5) is 21.8 Å². The number of hydrogen-bond acceptors (Lipinski definition) is 5. The van der Waals surface area contributed by atoms with Gasteiger partial charge in [-0.05, 0) is 29.6 Å². The predicted molar refractivity (Wildman–Crippen MR) is 76.5 cm³/mol. The number of anilines is 3. The highest BCUT2D eigenvalue weighted by molar-refractivity contribution is 7.16. The van der Waals surface area contributed by atoms with E-state index in [1.807, 2.05) is 11.4 Å². The van der Waals surface area contributed by atoms with E-state index in [0.29, 0.717) is 10.8 Å². The van der Waals surface area contributed by atoms with Crippen LogP contribution in [0.3, 0.4) is 0 Å². The highest BCUT2D eigenvalue weighted by Gasteiger charge is 2.10. The van der Waals surface area contributed by atoms with Gasteiger partial charge in [-0.2, -0.15) is 4.98 Å². The molecule has 2 heterocycles. The molecule has 0 bridgehead atoms. The van der Waals surface area contributed by atoms with Gasteiger partial charge in [-0.1, -0.05) is 11.6 Å². The Labute approximate surface area is 117 Å². The smallest absolute Gasteiger partial charge is 0.223 e. The van der Waals surface area contributed by atoms with Crippen LogP contribution in [0, 0.1) is 5.82 Å². The quantitative estimate of drug-likeness (QED) is 0.754. The van der Waals surface area contributed by atoms with E-state index in [2.05, 4.69) is 15.3 Å². The van der Waals surface area contributed by atoms with Crippen molar-refractivity contribution in [2.45, 2.75) is 0 Å². The number of nitrogens with one attached hydrogen (secondary N) is 1. The van der Waals surface area contributed by atoms with E-state index in [4.69, 9.17) is 17.3 Å². The molecular weight excluding hydrogens is 287 g/mol. The summed E-state index contributed by atoms with van der Waals surface area (Å²) in [6.07, 6.45) is 0. The van der Waals surface area contributed by atoms with E-state index in [1.54, 1.807) is 12.1 Å². The fourth-order valence-corrected chi connectivity index (χ4v) is 2.62. The van der Waals surface area contributed by atoms with E-state index in [-0.39, 0.29) is 11.6 Å². The summed E-state index contributed by atoms with van der Waals surface area (Å²) in [4.78, 5) is 8.95. The number of halogens is 2. The molecule has 3 rings (SSSR count). The Kier molecular flexibility index (Phi) is 2.96. The third-order valence-electron chi connectivity index (χ3n) is 2.53. The van der Waals surface area contributed by atoms with Crippen LogP contribution in [-0.4, -0.2) is 9.97 Å². The number of aromatic nitrogens is 2. The van der Waals surface area contributed by atoms with Crippen molar-refractivity contribution < 1.29 is 4.39 Å². The van der Waals surface area contributed by atoms with Gasteiger partial charge in [0.1, 0.15) is 16.5 Å². The van der Waals surface area contributed by atoms with Gasteiger partial charge in [0.25, 0.3) is 0 Å². The molecule has 3 N–H and O–H groups in total. The van der Waals surface area contributed by atoms with Crippen molar-refractivity contribution in [3.8, 4) is 0 Å². The van der Waals surface area contributed by atoms with Gasteiger partial charge in [0, 0.05) is 5.02 Å². The first-order chi connectivity index (χ1) is 9.13. The fraction of sp³-hybridized carbons (Fsp3) is 0. The molecule has 0 radical (unpaired) electrons. The molecule has 0 aliphatic carbocycles. The summed E-state index contributed by atoms with van der Waals surface area (Å²) in [7, 11) is 0. The Morgan fingerprint density at radius 3 is 2.89 bits per heavy atom. The number of rotatable bonds is 2. The molecule has 0 unspecified atom stereocenters. The number of nitrogen functional groups attached to an aromatic ring is 1. The molecule has 0 atom stereocenters. The number of nitrogens with two attached hydrogens (primary N) is 1. The molecule has 0 aliphatic rings. The molecule has 0 aliphatic heterocycles. The number of benzene rings is 1. The van der Waals surface area contributed by atoms with Gasteiger partial charge in [0.2, 0.25) is 5.95 Å². The van der Waals surface area contributed by atoms with E-state index >= 15 is 0 Å². The summed E-state index contributed by atoms with van der Waals surface area (Å²) in [6.45, 7) is 0. The minimum absolute atomic E-state index is 0.145. The lowest BCUT2D eigenvalue weighted by Gasteiger charge is -2.08. The van der Waals surface area contributed by atoms with Crippen molar-refractivity contribution in [1.82, 2.24) is 9.97 Å². The van der Waals surface area contributed by atoms with Gasteiger partial charge in [-0.15, -0.1) is 11.3 Å². The molecule has 0 fully saturated rings. The Morgan fingerprint density at radius 2 is 2.11 bits per heavy atom. The normalized spacial score (nSPS) is 10.8. The largest absolute Gasteiger partial charge is 0.368 e. The lowest BCUT2D eigenvalue weighted by Crippen LogP contribution is -2.01. The van der Waals surface area contributed by atoms with Crippen molar-refractivity contribution >= 4 is 50.6 Å². The van der Waals surface area contributed by atoms with Gasteiger partial charge < -0.3 is 11.1 Å². The fourth-order valence-electron chi connectivity index (χ4n) is 1.69. The molecule has 0 amide bonds. The zero-order chi connectivity index (χ0) is 13.4. The van der Waals surface area contributed by atoms with Crippen LogP contribution in [0.2, 0.25) is 5.02 Å². The second-order valence-electron chi connectivity index (χ2n) is 3.82. The molecule has 19 heavy (non-hydrogen) atoms. The van der Waals surface area contributed by atoms with Crippen molar-refractivity contribution in [2.24, 2.45) is 0 Å². The van der Waals surface area contributed by atoms with Crippen molar-refractivity contribution in [2.75, 3.05) is 11.1 Å². The van der Waals surface area contributed by atoms with Crippen LogP contribution in [-0.2, 0) is 0 Å². The third-order valence-corrected chi connectivity index (χ3v) is 3.57. The molecule has 7 heteroatoms. The van der Waals surface area contributed by atoms with Gasteiger partial charge in [-0.25, -0.2) is 9.37 Å². The molecule has 0 saturated carbocycles. The monoisotopic (exact) mass is 294 g/mol. The zero-order valence-corrected chi connectivity index (χ0v) is 11.1. The average Bonchev–Trinajstić information content (AvgIpc) is 2.80. The third kappa shape index (κ3) is 2.32. The average molecular weight is 295 g/mol. The topological polar surface area (TPSA) is 63.8 Å². The Bertz CT molecular complexity index is 759. The summed E-state index contributed by atoms with van der Waals surface area (Å²) >= 11 is 7.16. The van der Waals surface area contributed by atoms with Crippen LogP contribution in [0.5, 0.6) is 0 Å². The number of hydrogen-bond donors (Lipinski definition) is 2. The first kappa shape index (κ1) is 12.1. The maximum atomic E-state index is 13.7. The first-order valence-electron chi connectivity index (χ1n) is 5.36. The zero-order valence-electron chi connectivity index (χ0n) is 9.52. The van der Waals surface area contributed by atoms with Gasteiger partial charge in [0.15, 0.2) is 0 Å². The summed E-state index contributed by atoms with van der Waals surface area (Å²) < 4.78 is 13.7. The number of thiophene rings is 1. The van der Waals surface area contributed by atoms with Crippen LogP contribution >= 0.6 is 22.9 Å². The van der Waals surface area contributed by atoms with Crippen LogP contribution in [0.25, 0.3) is 10.2 Å². The second kappa shape index (κ2) is 4.64. The summed E-state index contributed by atoms with van der Waals surface area (Å²) in [5.41, 5.74) is 5.92. The Hall–Kier alpha value is -1.92. The lowest BCUT2D eigenvalue weighted by molar-refractivity contribution is 0.632. The predicted octanol–water partition coefficient (Wildman–Crippen LogP) is 3.81.